The second-order valence-electron chi connectivity index (χ2n) is 12.2. The van der Waals surface area contributed by atoms with Gasteiger partial charge < -0.3 is 10.0 Å². The Hall–Kier alpha value is -4.05. The van der Waals surface area contributed by atoms with Crippen LogP contribution in [0.15, 0.2) is 66.7 Å². The van der Waals surface area contributed by atoms with Gasteiger partial charge in [-0.2, -0.15) is 18.3 Å². The molecule has 1 aliphatic carbocycles. The molecule has 1 saturated heterocycles. The number of benzene rings is 2. The Morgan fingerprint density at radius 2 is 1.52 bits per heavy atom. The standard InChI is InChI=1S/C34H36F3N5O2/c1-20(2)33-38-21(3)18-27(39-33)41-16-14-22(15-17-41)30-28-25(19-26(43)32(44)29(28)34(35,36)37)42(40-30)31(23-10-6-4-7-11-23)24-12-8-5-9-13-24/h4-13,18,20,22,29,31-32,44H,14-17,19H2,1-3H3/t29-,32-/m0/s1. The molecule has 0 unspecified atom stereocenters. The first kappa shape index (κ1) is 30.0. The largest absolute Gasteiger partial charge is 0.398 e. The predicted octanol–water partition coefficient (Wildman–Crippen LogP) is 6.26. The topological polar surface area (TPSA) is 84.1 Å². The summed E-state index contributed by atoms with van der Waals surface area (Å²) >= 11 is 0. The van der Waals surface area contributed by atoms with Crippen LogP contribution in [-0.2, 0) is 11.2 Å². The molecule has 0 amide bonds. The molecule has 0 bridgehead atoms. The van der Waals surface area contributed by atoms with Gasteiger partial charge in [-0.3, -0.25) is 9.48 Å². The third-order valence-electron chi connectivity index (χ3n) is 8.79. The number of piperidine rings is 1. The van der Waals surface area contributed by atoms with E-state index in [0.717, 1.165) is 28.5 Å². The number of aryl methyl sites for hydroxylation is 1. The number of alkyl halides is 3. The number of hydrogen-bond donors (Lipinski definition) is 1. The fraction of sp³-hybridized carbons (Fsp3) is 0.412. The van der Waals surface area contributed by atoms with Crippen molar-refractivity contribution < 1.29 is 23.1 Å². The van der Waals surface area contributed by atoms with E-state index in [2.05, 4.69) is 9.88 Å². The third kappa shape index (κ3) is 5.63. The van der Waals surface area contributed by atoms with Gasteiger partial charge in [0, 0.05) is 42.2 Å². The Kier molecular flexibility index (Phi) is 8.04. The Labute approximate surface area is 254 Å². The van der Waals surface area contributed by atoms with Gasteiger partial charge in [-0.15, -0.1) is 0 Å². The molecule has 4 aromatic rings. The van der Waals surface area contributed by atoms with Crippen LogP contribution in [0, 0.1) is 6.92 Å². The van der Waals surface area contributed by atoms with E-state index in [1.807, 2.05) is 87.5 Å². The van der Waals surface area contributed by atoms with Crippen molar-refractivity contribution in [2.45, 2.75) is 76.1 Å². The van der Waals surface area contributed by atoms with Crippen LogP contribution in [0.5, 0.6) is 0 Å². The highest BCUT2D eigenvalue weighted by Gasteiger charge is 2.54. The summed E-state index contributed by atoms with van der Waals surface area (Å²) in [6, 6.07) is 20.3. The lowest BCUT2D eigenvalue weighted by Gasteiger charge is -2.35. The lowest BCUT2D eigenvalue weighted by molar-refractivity contribution is -0.179. The molecular weight excluding hydrogens is 567 g/mol. The van der Waals surface area contributed by atoms with Gasteiger partial charge in [-0.25, -0.2) is 9.97 Å². The van der Waals surface area contributed by atoms with Crippen molar-refractivity contribution in [3.63, 3.8) is 0 Å². The molecule has 230 valence electrons. The molecule has 44 heavy (non-hydrogen) atoms. The number of Topliss-reactive ketones (excluding diaryl/α,β-unsaturated/α-hetero) is 1. The van der Waals surface area contributed by atoms with Crippen molar-refractivity contribution in [3.8, 4) is 0 Å². The van der Waals surface area contributed by atoms with Crippen molar-refractivity contribution in [2.24, 2.45) is 0 Å². The van der Waals surface area contributed by atoms with E-state index in [1.165, 1.54) is 0 Å². The number of aliphatic hydroxyl groups is 1. The van der Waals surface area contributed by atoms with E-state index in [1.54, 1.807) is 4.68 Å². The summed E-state index contributed by atoms with van der Waals surface area (Å²) in [5.74, 6) is -1.72. The Morgan fingerprint density at radius 1 is 0.932 bits per heavy atom. The molecule has 7 nitrogen and oxygen atoms in total. The first-order valence-electron chi connectivity index (χ1n) is 15.1. The number of ketones is 1. The van der Waals surface area contributed by atoms with Gasteiger partial charge in [-0.05, 0) is 30.9 Å². The SMILES string of the molecule is Cc1cc(N2CCC(c3nn(C(c4ccccc4)c4ccccc4)c4c3[C@H](C(F)(F)F)[C@@H](O)C(=O)C4)CC2)nc(C(C)C)n1. The highest BCUT2D eigenvalue weighted by molar-refractivity contribution is 5.88. The molecular formula is C34H36F3N5O2. The molecule has 1 N–H and O–H groups in total. The molecule has 6 rings (SSSR count). The molecule has 2 aromatic heterocycles. The molecule has 3 heterocycles. The number of halogens is 3. The van der Waals surface area contributed by atoms with E-state index in [4.69, 9.17) is 10.1 Å². The van der Waals surface area contributed by atoms with Crippen LogP contribution in [0.3, 0.4) is 0 Å². The first-order chi connectivity index (χ1) is 21.0. The van der Waals surface area contributed by atoms with Crippen LogP contribution in [0.2, 0.25) is 0 Å². The number of nitrogens with zero attached hydrogens (tertiary/aromatic N) is 5. The molecule has 2 atom stereocenters. The minimum Gasteiger partial charge on any atom is -0.384 e. The van der Waals surface area contributed by atoms with Gasteiger partial charge in [0.05, 0.1) is 17.8 Å². The van der Waals surface area contributed by atoms with E-state index in [9.17, 15) is 23.1 Å². The van der Waals surface area contributed by atoms with E-state index in [-0.39, 0.29) is 29.5 Å². The number of anilines is 1. The van der Waals surface area contributed by atoms with Crippen LogP contribution in [0.25, 0.3) is 0 Å². The number of carbonyl (C=O) groups excluding carboxylic acids is 1. The summed E-state index contributed by atoms with van der Waals surface area (Å²) in [4.78, 5) is 24.4. The van der Waals surface area contributed by atoms with E-state index >= 15 is 0 Å². The van der Waals surface area contributed by atoms with Gasteiger partial charge in [0.25, 0.3) is 0 Å². The second kappa shape index (κ2) is 11.8. The smallest absolute Gasteiger partial charge is 0.384 e. The predicted molar refractivity (Wildman–Crippen MR) is 161 cm³/mol. The number of aromatic nitrogens is 4. The number of carbonyl (C=O) groups is 1. The molecule has 0 radical (unpaired) electrons. The summed E-state index contributed by atoms with van der Waals surface area (Å²) < 4.78 is 45.7. The van der Waals surface area contributed by atoms with Crippen LogP contribution >= 0.6 is 0 Å². The fourth-order valence-electron chi connectivity index (χ4n) is 6.61. The monoisotopic (exact) mass is 603 g/mol. The first-order valence-corrected chi connectivity index (χ1v) is 15.1. The van der Waals surface area contributed by atoms with Crippen LogP contribution in [0.1, 0.15) is 90.1 Å². The summed E-state index contributed by atoms with van der Waals surface area (Å²) in [6.45, 7) is 7.18. The van der Waals surface area contributed by atoms with Crippen molar-refractivity contribution in [3.05, 3.63) is 106 Å². The van der Waals surface area contributed by atoms with Crippen molar-refractivity contribution >= 4 is 11.6 Å². The van der Waals surface area contributed by atoms with Crippen LogP contribution in [0.4, 0.5) is 19.0 Å². The maximum Gasteiger partial charge on any atom is 0.398 e. The second-order valence-corrected chi connectivity index (χ2v) is 12.2. The van der Waals surface area contributed by atoms with E-state index in [0.29, 0.717) is 31.6 Å². The zero-order chi connectivity index (χ0) is 31.2. The maximum atomic E-state index is 14.7. The van der Waals surface area contributed by atoms with Gasteiger partial charge >= 0.3 is 6.18 Å². The Morgan fingerprint density at radius 3 is 2.07 bits per heavy atom. The molecule has 0 saturated carbocycles. The number of hydrogen-bond acceptors (Lipinski definition) is 6. The highest BCUT2D eigenvalue weighted by Crippen LogP contribution is 2.48. The molecule has 2 aromatic carbocycles. The van der Waals surface area contributed by atoms with E-state index < -0.39 is 30.0 Å². The minimum absolute atomic E-state index is 0.0418. The molecule has 10 heteroatoms. The molecule has 0 spiro atoms. The van der Waals surface area contributed by atoms with Gasteiger partial charge in [-0.1, -0.05) is 74.5 Å². The average Bonchev–Trinajstić information content (AvgIpc) is 3.35. The molecule has 1 fully saturated rings. The zero-order valence-corrected chi connectivity index (χ0v) is 25.0. The summed E-state index contributed by atoms with van der Waals surface area (Å²) in [5, 5.41) is 15.6. The number of rotatable bonds is 6. The van der Waals surface area contributed by atoms with Gasteiger partial charge in [0.15, 0.2) is 5.78 Å². The lowest BCUT2D eigenvalue weighted by atomic mass is 9.78. The maximum absolute atomic E-state index is 14.7. The summed E-state index contributed by atoms with van der Waals surface area (Å²) in [5.41, 5.74) is 3.06. The van der Waals surface area contributed by atoms with Crippen molar-refractivity contribution in [1.29, 1.82) is 0 Å². The fourth-order valence-corrected chi connectivity index (χ4v) is 6.61. The Bertz CT molecular complexity index is 1590. The van der Waals surface area contributed by atoms with Gasteiger partial charge in [0.2, 0.25) is 0 Å². The molecule has 1 aliphatic heterocycles. The quantitative estimate of drug-likeness (QED) is 0.280. The average molecular weight is 604 g/mol. The summed E-state index contributed by atoms with van der Waals surface area (Å²) in [6.07, 6.45) is -6.19. The number of fused-ring (bicyclic) bond motifs is 1. The third-order valence-corrected chi connectivity index (χ3v) is 8.79. The minimum atomic E-state index is -4.83. The van der Waals surface area contributed by atoms with Gasteiger partial charge in [0.1, 0.15) is 29.7 Å². The van der Waals surface area contributed by atoms with Crippen LogP contribution in [-0.4, -0.2) is 56.0 Å². The van der Waals surface area contributed by atoms with Crippen LogP contribution < -0.4 is 4.90 Å². The highest BCUT2D eigenvalue weighted by atomic mass is 19.4. The lowest BCUT2D eigenvalue weighted by Crippen LogP contribution is -2.43. The van der Waals surface area contributed by atoms with Crippen molar-refractivity contribution in [1.82, 2.24) is 19.7 Å². The summed E-state index contributed by atoms with van der Waals surface area (Å²) in [7, 11) is 0. The zero-order valence-electron chi connectivity index (χ0n) is 25.0. The van der Waals surface area contributed by atoms with Crippen molar-refractivity contribution in [2.75, 3.05) is 18.0 Å². The number of aliphatic hydroxyl groups excluding tert-OH is 1. The molecule has 2 aliphatic rings. The Balaban J connectivity index is 1.44. The normalized spacial score (nSPS) is 19.6.